The Bertz CT molecular complexity index is 339. The van der Waals surface area contributed by atoms with Crippen molar-refractivity contribution in [2.75, 3.05) is 18.4 Å². The third kappa shape index (κ3) is 4.47. The highest BCUT2D eigenvalue weighted by Gasteiger charge is 2.35. The van der Waals surface area contributed by atoms with Crippen molar-refractivity contribution < 1.29 is 13.2 Å². The van der Waals surface area contributed by atoms with Gasteiger partial charge in [0.15, 0.2) is 0 Å². The van der Waals surface area contributed by atoms with Gasteiger partial charge < -0.3 is 11.1 Å². The first-order valence-corrected chi connectivity index (χ1v) is 6.13. The normalized spacial score (nSPS) is 13.7. The van der Waals surface area contributed by atoms with Gasteiger partial charge in [-0.1, -0.05) is 24.7 Å². The lowest BCUT2D eigenvalue weighted by Gasteiger charge is -2.13. The molecule has 1 atom stereocenters. The lowest BCUT2D eigenvalue weighted by atomic mass is 10.0. The van der Waals surface area contributed by atoms with Crippen LogP contribution in [0.5, 0.6) is 0 Å². The fraction of sp³-hybridized carbons (Fsp3) is 0.778. The maximum Gasteiger partial charge on any atom is 0.445 e. The van der Waals surface area contributed by atoms with E-state index in [-0.39, 0.29) is 5.13 Å². The van der Waals surface area contributed by atoms with Crippen LogP contribution in [0, 0.1) is 5.92 Å². The SMILES string of the molecule is CCC(CCN)CNc1nnc(C(F)(F)F)s1. The molecule has 0 saturated carbocycles. The van der Waals surface area contributed by atoms with Crippen LogP contribution in [-0.4, -0.2) is 23.3 Å². The molecule has 1 aromatic rings. The van der Waals surface area contributed by atoms with E-state index in [1.54, 1.807) is 0 Å². The van der Waals surface area contributed by atoms with Crippen LogP contribution >= 0.6 is 11.3 Å². The molecule has 0 aliphatic rings. The highest BCUT2D eigenvalue weighted by atomic mass is 32.1. The summed E-state index contributed by atoms with van der Waals surface area (Å²) in [6.07, 6.45) is -2.65. The predicted octanol–water partition coefficient (Wildman–Crippen LogP) is 2.34. The van der Waals surface area contributed by atoms with Crippen LogP contribution in [0.3, 0.4) is 0 Å². The molecule has 0 aliphatic heterocycles. The Balaban J connectivity index is 2.49. The summed E-state index contributed by atoms with van der Waals surface area (Å²) in [4.78, 5) is 0. The van der Waals surface area contributed by atoms with Gasteiger partial charge in [-0.25, -0.2) is 0 Å². The average molecular weight is 268 g/mol. The van der Waals surface area contributed by atoms with Gasteiger partial charge in [-0.05, 0) is 18.9 Å². The Hall–Kier alpha value is -0.890. The smallest absolute Gasteiger partial charge is 0.360 e. The molecule has 0 amide bonds. The Morgan fingerprint density at radius 1 is 1.41 bits per heavy atom. The van der Waals surface area contributed by atoms with Crippen molar-refractivity contribution in [1.29, 1.82) is 0 Å². The maximum atomic E-state index is 12.3. The lowest BCUT2D eigenvalue weighted by molar-refractivity contribution is -0.138. The summed E-state index contributed by atoms with van der Waals surface area (Å²) >= 11 is 0.521. The highest BCUT2D eigenvalue weighted by molar-refractivity contribution is 7.15. The van der Waals surface area contributed by atoms with E-state index in [0.29, 0.717) is 30.3 Å². The molecule has 1 unspecified atom stereocenters. The number of nitrogens with zero attached hydrogens (tertiary/aromatic N) is 2. The van der Waals surface area contributed by atoms with E-state index < -0.39 is 11.2 Å². The number of halogens is 3. The van der Waals surface area contributed by atoms with Crippen molar-refractivity contribution >= 4 is 16.5 Å². The van der Waals surface area contributed by atoms with Gasteiger partial charge in [0.1, 0.15) is 0 Å². The molecule has 0 aromatic carbocycles. The molecule has 1 rings (SSSR count). The number of hydrogen-bond acceptors (Lipinski definition) is 5. The highest BCUT2D eigenvalue weighted by Crippen LogP contribution is 2.33. The van der Waals surface area contributed by atoms with Crippen LogP contribution in [0.4, 0.5) is 18.3 Å². The number of nitrogens with two attached hydrogens (primary N) is 1. The number of alkyl halides is 3. The minimum atomic E-state index is -4.42. The molecule has 4 nitrogen and oxygen atoms in total. The van der Waals surface area contributed by atoms with Crippen LogP contribution in [0.1, 0.15) is 24.8 Å². The number of aromatic nitrogens is 2. The van der Waals surface area contributed by atoms with Gasteiger partial charge in [-0.3, -0.25) is 0 Å². The monoisotopic (exact) mass is 268 g/mol. The molecule has 0 radical (unpaired) electrons. The maximum absolute atomic E-state index is 12.3. The molecule has 98 valence electrons. The van der Waals surface area contributed by atoms with Gasteiger partial charge in [0.25, 0.3) is 0 Å². The Kier molecular flexibility index (Phi) is 5.13. The van der Waals surface area contributed by atoms with Gasteiger partial charge in [0.2, 0.25) is 10.1 Å². The summed E-state index contributed by atoms with van der Waals surface area (Å²) in [7, 11) is 0. The number of nitrogens with one attached hydrogen (secondary N) is 1. The third-order valence-corrected chi connectivity index (χ3v) is 3.29. The molecular weight excluding hydrogens is 253 g/mol. The Labute approximate surface area is 101 Å². The molecule has 1 aromatic heterocycles. The van der Waals surface area contributed by atoms with Crippen molar-refractivity contribution in [3.05, 3.63) is 5.01 Å². The van der Waals surface area contributed by atoms with Gasteiger partial charge in [-0.2, -0.15) is 13.2 Å². The number of anilines is 1. The van der Waals surface area contributed by atoms with Crippen LogP contribution in [0.15, 0.2) is 0 Å². The first-order valence-electron chi connectivity index (χ1n) is 5.32. The summed E-state index contributed by atoms with van der Waals surface area (Å²) in [5.41, 5.74) is 5.43. The lowest BCUT2D eigenvalue weighted by Crippen LogP contribution is -2.17. The summed E-state index contributed by atoms with van der Waals surface area (Å²) in [5.74, 6) is 0.346. The fourth-order valence-electron chi connectivity index (χ4n) is 1.33. The summed E-state index contributed by atoms with van der Waals surface area (Å²) < 4.78 is 36.8. The van der Waals surface area contributed by atoms with Crippen molar-refractivity contribution in [1.82, 2.24) is 10.2 Å². The molecule has 3 N–H and O–H groups in total. The molecule has 0 aliphatic carbocycles. The standard InChI is InChI=1S/C9H15F3N4S/c1-2-6(3-4-13)5-14-8-16-15-7(17-8)9(10,11)12/h6H,2-5,13H2,1H3,(H,14,16). The van der Waals surface area contributed by atoms with E-state index in [1.165, 1.54) is 0 Å². The third-order valence-electron chi connectivity index (χ3n) is 2.36. The Morgan fingerprint density at radius 3 is 2.59 bits per heavy atom. The van der Waals surface area contributed by atoms with Crippen LogP contribution in [0.2, 0.25) is 0 Å². The molecule has 17 heavy (non-hydrogen) atoms. The number of rotatable bonds is 6. The molecule has 0 saturated heterocycles. The van der Waals surface area contributed by atoms with Gasteiger partial charge in [0.05, 0.1) is 0 Å². The first kappa shape index (κ1) is 14.2. The fourth-order valence-corrected chi connectivity index (χ4v) is 1.94. The molecule has 0 bridgehead atoms. The second-order valence-corrected chi connectivity index (χ2v) is 4.62. The molecular formula is C9H15F3N4S. The van der Waals surface area contributed by atoms with Crippen molar-refractivity contribution in [3.8, 4) is 0 Å². The van der Waals surface area contributed by atoms with E-state index in [9.17, 15) is 13.2 Å². The molecule has 8 heteroatoms. The van der Waals surface area contributed by atoms with Gasteiger partial charge >= 0.3 is 6.18 Å². The van der Waals surface area contributed by atoms with Gasteiger partial charge in [0, 0.05) is 6.54 Å². The van der Waals surface area contributed by atoms with Crippen molar-refractivity contribution in [2.24, 2.45) is 11.7 Å². The largest absolute Gasteiger partial charge is 0.445 e. The summed E-state index contributed by atoms with van der Waals surface area (Å²) in [6.45, 7) is 3.16. The zero-order valence-corrected chi connectivity index (χ0v) is 10.2. The van der Waals surface area contributed by atoms with Crippen LogP contribution < -0.4 is 11.1 Å². The zero-order valence-electron chi connectivity index (χ0n) is 9.42. The number of hydrogen-bond donors (Lipinski definition) is 2. The topological polar surface area (TPSA) is 63.8 Å². The summed E-state index contributed by atoms with van der Waals surface area (Å²) in [5, 5.41) is 8.69. The molecule has 1 heterocycles. The van der Waals surface area contributed by atoms with Crippen LogP contribution in [0.25, 0.3) is 0 Å². The van der Waals surface area contributed by atoms with E-state index in [1.807, 2.05) is 6.92 Å². The van der Waals surface area contributed by atoms with Gasteiger partial charge in [-0.15, -0.1) is 10.2 Å². The second-order valence-electron chi connectivity index (χ2n) is 3.64. The van der Waals surface area contributed by atoms with Crippen molar-refractivity contribution in [2.45, 2.75) is 25.9 Å². The summed E-state index contributed by atoms with van der Waals surface area (Å²) in [6, 6.07) is 0. The van der Waals surface area contributed by atoms with E-state index >= 15 is 0 Å². The average Bonchev–Trinajstić information content (AvgIpc) is 2.72. The van der Waals surface area contributed by atoms with Crippen molar-refractivity contribution in [3.63, 3.8) is 0 Å². The first-order chi connectivity index (χ1) is 7.97. The quantitative estimate of drug-likeness (QED) is 0.831. The molecule has 0 fully saturated rings. The van der Waals surface area contributed by atoms with Crippen LogP contribution in [-0.2, 0) is 6.18 Å². The Morgan fingerprint density at radius 2 is 2.12 bits per heavy atom. The minimum absolute atomic E-state index is 0.202. The van der Waals surface area contributed by atoms with E-state index in [4.69, 9.17) is 5.73 Å². The minimum Gasteiger partial charge on any atom is -0.360 e. The zero-order chi connectivity index (χ0) is 12.9. The van der Waals surface area contributed by atoms with E-state index in [2.05, 4.69) is 15.5 Å². The second kappa shape index (κ2) is 6.15. The molecule has 0 spiro atoms. The van der Waals surface area contributed by atoms with E-state index in [0.717, 1.165) is 12.8 Å². The predicted molar refractivity (Wildman–Crippen MR) is 60.9 cm³/mol.